The van der Waals surface area contributed by atoms with Crippen LogP contribution >= 0.6 is 25.3 Å². The highest BCUT2D eigenvalue weighted by Crippen LogP contribution is 2.71. The number of hydrogen-bond acceptors (Lipinski definition) is 6. The molecule has 26 heavy (non-hydrogen) atoms. The van der Waals surface area contributed by atoms with E-state index in [0.29, 0.717) is 11.8 Å². The first-order chi connectivity index (χ1) is 12.0. The number of rotatable bonds is 6. The molecule has 0 saturated heterocycles. The fraction of sp³-hybridized carbons (Fsp3) is 0.900. The summed E-state index contributed by atoms with van der Waals surface area (Å²) < 4.78 is 11.8. The Bertz CT molecular complexity index is 537. The van der Waals surface area contributed by atoms with Crippen LogP contribution in [0.4, 0.5) is 0 Å². The van der Waals surface area contributed by atoms with Gasteiger partial charge in [-0.15, -0.1) is 0 Å². The number of carbonyl (C=O) groups is 2. The maximum atomic E-state index is 12.0. The van der Waals surface area contributed by atoms with E-state index >= 15 is 0 Å². The van der Waals surface area contributed by atoms with Gasteiger partial charge in [-0.1, -0.05) is 0 Å². The molecule has 0 aromatic carbocycles. The first kappa shape index (κ1) is 20.4. The molecule has 4 aliphatic rings. The van der Waals surface area contributed by atoms with E-state index in [1.165, 1.54) is 6.42 Å². The molecule has 4 saturated carbocycles. The predicted octanol–water partition coefficient (Wildman–Crippen LogP) is 4.08. The van der Waals surface area contributed by atoms with Gasteiger partial charge in [-0.05, 0) is 78.1 Å². The van der Waals surface area contributed by atoms with Crippen LogP contribution in [0.15, 0.2) is 0 Å². The van der Waals surface area contributed by atoms with Crippen molar-refractivity contribution in [2.75, 3.05) is 11.5 Å². The second kappa shape index (κ2) is 6.61. The minimum absolute atomic E-state index is 0.0552. The number of thiol groups is 2. The van der Waals surface area contributed by atoms with Crippen LogP contribution < -0.4 is 0 Å². The monoisotopic (exact) mass is 400 g/mol. The van der Waals surface area contributed by atoms with Crippen molar-refractivity contribution < 1.29 is 19.1 Å². The van der Waals surface area contributed by atoms with Crippen molar-refractivity contribution in [3.63, 3.8) is 0 Å². The zero-order valence-corrected chi connectivity index (χ0v) is 18.1. The SMILES string of the molecule is CC(C)(OC(=O)CS)C12CC3CC(C1)CC(C(C)(C)OC(=O)CS)(C3)C2. The van der Waals surface area contributed by atoms with Crippen LogP contribution in [0.3, 0.4) is 0 Å². The topological polar surface area (TPSA) is 52.6 Å². The molecule has 4 nitrogen and oxygen atoms in total. The number of esters is 2. The molecule has 148 valence electrons. The van der Waals surface area contributed by atoms with Crippen molar-refractivity contribution in [2.45, 2.75) is 77.4 Å². The van der Waals surface area contributed by atoms with Crippen LogP contribution in [0.1, 0.15) is 66.2 Å². The van der Waals surface area contributed by atoms with Gasteiger partial charge in [-0.2, -0.15) is 25.3 Å². The highest BCUT2D eigenvalue weighted by Gasteiger charge is 2.67. The standard InChI is InChI=1S/C20H32O4S2/c1-17(2,23-15(21)10-25)19-6-13-5-14(7-19)9-20(8-13,12-19)18(3,4)24-16(22)11-26/h13-14,25-26H,5-12H2,1-4H3. The molecule has 0 N–H and O–H groups in total. The van der Waals surface area contributed by atoms with E-state index < -0.39 is 11.2 Å². The third-order valence-electron chi connectivity index (χ3n) is 7.61. The van der Waals surface area contributed by atoms with E-state index in [9.17, 15) is 9.59 Å². The van der Waals surface area contributed by atoms with Crippen LogP contribution in [0, 0.1) is 22.7 Å². The van der Waals surface area contributed by atoms with Crippen LogP contribution in [0.2, 0.25) is 0 Å². The number of ether oxygens (including phenoxy) is 2. The van der Waals surface area contributed by atoms with E-state index in [-0.39, 0.29) is 34.3 Å². The van der Waals surface area contributed by atoms with Gasteiger partial charge in [0.2, 0.25) is 0 Å². The Morgan fingerprint density at radius 2 is 1.19 bits per heavy atom. The molecule has 0 aromatic rings. The Kier molecular flexibility index (Phi) is 5.18. The average molecular weight is 401 g/mol. The van der Waals surface area contributed by atoms with Gasteiger partial charge < -0.3 is 9.47 Å². The lowest BCUT2D eigenvalue weighted by Gasteiger charge is -2.68. The van der Waals surface area contributed by atoms with E-state index in [1.54, 1.807) is 0 Å². The molecule has 0 aliphatic heterocycles. The fourth-order valence-corrected chi connectivity index (χ4v) is 6.65. The minimum atomic E-state index is -0.542. The van der Waals surface area contributed by atoms with Crippen LogP contribution in [0.5, 0.6) is 0 Å². The molecule has 0 atom stereocenters. The molecule has 0 amide bonds. The van der Waals surface area contributed by atoms with Gasteiger partial charge in [0.05, 0.1) is 11.5 Å². The van der Waals surface area contributed by atoms with Crippen molar-refractivity contribution in [2.24, 2.45) is 22.7 Å². The second-order valence-electron chi connectivity index (χ2n) is 9.81. The molecular weight excluding hydrogens is 368 g/mol. The third kappa shape index (κ3) is 3.19. The summed E-state index contributed by atoms with van der Waals surface area (Å²) in [7, 11) is 0. The van der Waals surface area contributed by atoms with Crippen molar-refractivity contribution in [1.82, 2.24) is 0 Å². The van der Waals surface area contributed by atoms with Crippen LogP contribution in [0.25, 0.3) is 0 Å². The van der Waals surface area contributed by atoms with Gasteiger partial charge in [-0.3, -0.25) is 9.59 Å². The maximum absolute atomic E-state index is 12.0. The highest BCUT2D eigenvalue weighted by atomic mass is 32.1. The number of carbonyl (C=O) groups excluding carboxylic acids is 2. The molecule has 4 rings (SSSR count). The molecule has 0 radical (unpaired) electrons. The Morgan fingerprint density at radius 3 is 1.50 bits per heavy atom. The largest absolute Gasteiger partial charge is 0.458 e. The Hall–Kier alpha value is -0.360. The van der Waals surface area contributed by atoms with Crippen molar-refractivity contribution in [1.29, 1.82) is 0 Å². The molecule has 0 heterocycles. The number of hydrogen-bond donors (Lipinski definition) is 2. The summed E-state index contributed by atoms with van der Waals surface area (Å²) in [5.41, 5.74) is -1.19. The molecule has 4 bridgehead atoms. The molecule has 4 aliphatic carbocycles. The van der Waals surface area contributed by atoms with Crippen molar-refractivity contribution >= 4 is 37.2 Å². The van der Waals surface area contributed by atoms with Gasteiger partial charge >= 0.3 is 11.9 Å². The summed E-state index contributed by atoms with van der Waals surface area (Å²) in [6, 6.07) is 0. The Morgan fingerprint density at radius 1 is 0.846 bits per heavy atom. The first-order valence-electron chi connectivity index (χ1n) is 9.64. The van der Waals surface area contributed by atoms with Crippen molar-refractivity contribution in [3.8, 4) is 0 Å². The molecular formula is C20H32O4S2. The molecule has 6 heteroatoms. The predicted molar refractivity (Wildman–Crippen MR) is 108 cm³/mol. The lowest BCUT2D eigenvalue weighted by molar-refractivity contribution is -0.249. The first-order valence-corrected chi connectivity index (χ1v) is 10.9. The lowest BCUT2D eigenvalue weighted by atomic mass is 9.38. The molecule has 0 spiro atoms. The molecule has 4 fully saturated rings. The zero-order valence-electron chi connectivity index (χ0n) is 16.3. The Labute approximate surface area is 168 Å². The zero-order chi connectivity index (χ0) is 19.4. The average Bonchev–Trinajstić information content (AvgIpc) is 2.52. The Balaban J connectivity index is 1.94. The lowest BCUT2D eigenvalue weighted by Crippen LogP contribution is -2.65. The minimum Gasteiger partial charge on any atom is -0.458 e. The van der Waals surface area contributed by atoms with Crippen molar-refractivity contribution in [3.05, 3.63) is 0 Å². The van der Waals surface area contributed by atoms with Gasteiger partial charge in [0.25, 0.3) is 0 Å². The second-order valence-corrected chi connectivity index (χ2v) is 10.4. The smallest absolute Gasteiger partial charge is 0.316 e. The van der Waals surface area contributed by atoms with Crippen LogP contribution in [-0.4, -0.2) is 34.6 Å². The van der Waals surface area contributed by atoms with E-state index in [0.717, 1.165) is 32.1 Å². The summed E-state index contributed by atoms with van der Waals surface area (Å²) >= 11 is 8.15. The van der Waals surface area contributed by atoms with Gasteiger partial charge in [0.15, 0.2) is 0 Å². The van der Waals surface area contributed by atoms with Crippen LogP contribution in [-0.2, 0) is 19.1 Å². The molecule has 0 aromatic heterocycles. The summed E-state index contributed by atoms with van der Waals surface area (Å²) in [6.45, 7) is 8.23. The van der Waals surface area contributed by atoms with E-state index in [1.807, 2.05) is 0 Å². The quantitative estimate of drug-likeness (QED) is 0.521. The molecule has 0 unspecified atom stereocenters. The van der Waals surface area contributed by atoms with E-state index in [2.05, 4.69) is 53.0 Å². The normalized spacial score (nSPS) is 36.1. The van der Waals surface area contributed by atoms with E-state index in [4.69, 9.17) is 9.47 Å². The van der Waals surface area contributed by atoms with Gasteiger partial charge in [-0.25, -0.2) is 0 Å². The van der Waals surface area contributed by atoms with Gasteiger partial charge in [0.1, 0.15) is 11.2 Å². The third-order valence-corrected chi connectivity index (χ3v) is 8.13. The fourth-order valence-electron chi connectivity index (χ4n) is 6.52. The summed E-state index contributed by atoms with van der Waals surface area (Å²) in [6.07, 6.45) is 6.55. The summed E-state index contributed by atoms with van der Waals surface area (Å²) in [5, 5.41) is 0. The maximum Gasteiger partial charge on any atom is 0.316 e. The summed E-state index contributed by atoms with van der Waals surface area (Å²) in [4.78, 5) is 24.0. The van der Waals surface area contributed by atoms with Gasteiger partial charge in [0, 0.05) is 10.8 Å². The summed E-state index contributed by atoms with van der Waals surface area (Å²) in [5.74, 6) is 0.900. The highest BCUT2D eigenvalue weighted by molar-refractivity contribution is 7.81.